The minimum atomic E-state index is 0.154. The van der Waals surface area contributed by atoms with Gasteiger partial charge in [0, 0.05) is 5.54 Å². The first-order valence-electron chi connectivity index (χ1n) is 6.81. The van der Waals surface area contributed by atoms with E-state index in [0.717, 1.165) is 0 Å². The average molecular weight is 247 g/mol. The Hall–Kier alpha value is -0.900. The highest BCUT2D eigenvalue weighted by molar-refractivity contribution is 5.32. The molecular weight excluding hydrogens is 222 g/mol. The van der Waals surface area contributed by atoms with Gasteiger partial charge in [0.05, 0.1) is 6.04 Å². The van der Waals surface area contributed by atoms with Crippen molar-refractivity contribution in [3.05, 3.63) is 35.4 Å². The number of benzene rings is 1. The van der Waals surface area contributed by atoms with E-state index in [1.807, 2.05) is 0 Å². The summed E-state index contributed by atoms with van der Waals surface area (Å²) in [6.45, 7) is 2.16. The van der Waals surface area contributed by atoms with E-state index in [1.165, 1.54) is 36.8 Å². The zero-order valence-corrected chi connectivity index (χ0v) is 11.7. The van der Waals surface area contributed by atoms with Crippen molar-refractivity contribution in [1.82, 2.24) is 10.3 Å². The Morgan fingerprint density at radius 3 is 2.33 bits per heavy atom. The molecule has 0 saturated heterocycles. The van der Waals surface area contributed by atoms with E-state index in [2.05, 4.69) is 55.6 Å². The van der Waals surface area contributed by atoms with Crippen LogP contribution in [-0.2, 0) is 0 Å². The fourth-order valence-electron chi connectivity index (χ4n) is 3.43. The van der Waals surface area contributed by atoms with Gasteiger partial charge in [-0.2, -0.15) is 0 Å². The molecule has 0 bridgehead atoms. The zero-order valence-electron chi connectivity index (χ0n) is 11.7. The molecule has 1 aliphatic carbocycles. The summed E-state index contributed by atoms with van der Waals surface area (Å²) in [5, 5.41) is 0. The molecule has 1 unspecified atom stereocenters. The molecule has 1 aromatic carbocycles. The summed E-state index contributed by atoms with van der Waals surface area (Å²) < 4.78 is 0. The Labute approximate surface area is 110 Å². The Morgan fingerprint density at radius 2 is 1.83 bits per heavy atom. The third kappa shape index (κ3) is 2.18. The van der Waals surface area contributed by atoms with E-state index >= 15 is 0 Å². The van der Waals surface area contributed by atoms with Gasteiger partial charge in [0.15, 0.2) is 0 Å². The van der Waals surface area contributed by atoms with Gasteiger partial charge in [0.1, 0.15) is 0 Å². The summed E-state index contributed by atoms with van der Waals surface area (Å²) in [6.07, 6.45) is 5.01. The lowest BCUT2D eigenvalue weighted by Gasteiger charge is -2.43. The molecule has 0 spiro atoms. The first-order valence-corrected chi connectivity index (χ1v) is 6.81. The van der Waals surface area contributed by atoms with Crippen molar-refractivity contribution < 1.29 is 0 Å². The Balaban J connectivity index is 2.41. The molecule has 3 N–H and O–H groups in total. The van der Waals surface area contributed by atoms with Gasteiger partial charge in [-0.25, -0.2) is 0 Å². The van der Waals surface area contributed by atoms with E-state index in [9.17, 15) is 0 Å². The topological polar surface area (TPSA) is 41.3 Å². The van der Waals surface area contributed by atoms with Crippen LogP contribution in [0.25, 0.3) is 0 Å². The summed E-state index contributed by atoms with van der Waals surface area (Å²) in [7, 11) is 4.35. The van der Waals surface area contributed by atoms with Crippen LogP contribution in [0.1, 0.15) is 42.9 Å². The molecule has 1 aromatic rings. The van der Waals surface area contributed by atoms with E-state index in [0.29, 0.717) is 0 Å². The molecule has 1 atom stereocenters. The number of rotatable bonds is 4. The molecule has 18 heavy (non-hydrogen) atoms. The van der Waals surface area contributed by atoms with Crippen molar-refractivity contribution in [2.45, 2.75) is 44.2 Å². The van der Waals surface area contributed by atoms with Gasteiger partial charge in [0.2, 0.25) is 0 Å². The number of hydrogen-bond acceptors (Lipinski definition) is 3. The number of likely N-dealkylation sites (N-methyl/N-ethyl adjacent to an activating group) is 1. The minimum absolute atomic E-state index is 0.154. The van der Waals surface area contributed by atoms with Crippen molar-refractivity contribution in [2.24, 2.45) is 5.84 Å². The first kappa shape index (κ1) is 13.5. The molecule has 3 heteroatoms. The Morgan fingerprint density at radius 1 is 1.22 bits per heavy atom. The Kier molecular flexibility index (Phi) is 4.05. The maximum absolute atomic E-state index is 5.90. The van der Waals surface area contributed by atoms with Crippen LogP contribution in [0.3, 0.4) is 0 Å². The molecular formula is C15H25N3. The second-order valence-corrected chi connectivity index (χ2v) is 5.66. The van der Waals surface area contributed by atoms with Crippen LogP contribution in [0.5, 0.6) is 0 Å². The molecule has 3 nitrogen and oxygen atoms in total. The maximum atomic E-state index is 5.90. The van der Waals surface area contributed by atoms with Gasteiger partial charge in [-0.1, -0.05) is 37.1 Å². The van der Waals surface area contributed by atoms with Crippen LogP contribution in [0.2, 0.25) is 0 Å². The highest BCUT2D eigenvalue weighted by Gasteiger charge is 2.43. The van der Waals surface area contributed by atoms with Crippen LogP contribution in [0.15, 0.2) is 24.3 Å². The standard InChI is InChI=1S/C15H25N3/c1-12-8-4-5-9-13(12)14(17-16)15(18(2)3)10-6-7-11-15/h4-5,8-9,14,17H,6-7,10-11,16H2,1-3H3. The molecule has 1 saturated carbocycles. The smallest absolute Gasteiger partial charge is 0.0646 e. The molecule has 0 heterocycles. The zero-order chi connectivity index (χ0) is 13.2. The quantitative estimate of drug-likeness (QED) is 0.634. The number of nitrogens with two attached hydrogens (primary N) is 1. The van der Waals surface area contributed by atoms with E-state index < -0.39 is 0 Å². The third-order valence-electron chi connectivity index (χ3n) is 4.56. The summed E-state index contributed by atoms with van der Waals surface area (Å²) in [6, 6.07) is 8.76. The normalized spacial score (nSPS) is 20.3. The van der Waals surface area contributed by atoms with Crippen LogP contribution in [0.4, 0.5) is 0 Å². The van der Waals surface area contributed by atoms with Crippen molar-refractivity contribution >= 4 is 0 Å². The predicted molar refractivity (Wildman–Crippen MR) is 76.1 cm³/mol. The average Bonchev–Trinajstić information content (AvgIpc) is 2.83. The van der Waals surface area contributed by atoms with Gasteiger partial charge in [-0.3, -0.25) is 11.3 Å². The van der Waals surface area contributed by atoms with Gasteiger partial charge in [0.25, 0.3) is 0 Å². The summed E-state index contributed by atoms with van der Waals surface area (Å²) in [4.78, 5) is 2.36. The second kappa shape index (κ2) is 5.39. The molecule has 100 valence electrons. The summed E-state index contributed by atoms with van der Waals surface area (Å²) in [5.41, 5.74) is 5.88. The molecule has 0 amide bonds. The van der Waals surface area contributed by atoms with E-state index in [-0.39, 0.29) is 11.6 Å². The molecule has 0 aromatic heterocycles. The van der Waals surface area contributed by atoms with Crippen LogP contribution < -0.4 is 11.3 Å². The second-order valence-electron chi connectivity index (χ2n) is 5.66. The van der Waals surface area contributed by atoms with E-state index in [4.69, 9.17) is 5.84 Å². The highest BCUT2D eigenvalue weighted by atomic mass is 15.3. The molecule has 0 radical (unpaired) electrons. The Bertz CT molecular complexity index is 394. The minimum Gasteiger partial charge on any atom is -0.302 e. The van der Waals surface area contributed by atoms with Gasteiger partial charge in [-0.05, 0) is 45.0 Å². The highest BCUT2D eigenvalue weighted by Crippen LogP contribution is 2.43. The van der Waals surface area contributed by atoms with Crippen LogP contribution in [0, 0.1) is 6.92 Å². The van der Waals surface area contributed by atoms with Crippen LogP contribution in [-0.4, -0.2) is 24.5 Å². The lowest BCUT2D eigenvalue weighted by atomic mass is 9.81. The number of nitrogens with one attached hydrogen (secondary N) is 1. The first-order chi connectivity index (χ1) is 8.62. The third-order valence-corrected chi connectivity index (χ3v) is 4.56. The molecule has 1 fully saturated rings. The van der Waals surface area contributed by atoms with E-state index in [1.54, 1.807) is 0 Å². The summed E-state index contributed by atoms with van der Waals surface area (Å²) in [5.74, 6) is 5.90. The fourth-order valence-corrected chi connectivity index (χ4v) is 3.43. The van der Waals surface area contributed by atoms with Gasteiger partial charge < -0.3 is 4.90 Å². The van der Waals surface area contributed by atoms with Crippen molar-refractivity contribution in [3.63, 3.8) is 0 Å². The number of hydrazine groups is 1. The fraction of sp³-hybridized carbons (Fsp3) is 0.600. The molecule has 2 rings (SSSR count). The monoisotopic (exact) mass is 247 g/mol. The maximum Gasteiger partial charge on any atom is 0.0646 e. The lowest BCUT2D eigenvalue weighted by molar-refractivity contribution is 0.104. The summed E-state index contributed by atoms with van der Waals surface area (Å²) >= 11 is 0. The van der Waals surface area contributed by atoms with Crippen molar-refractivity contribution in [3.8, 4) is 0 Å². The van der Waals surface area contributed by atoms with Gasteiger partial charge >= 0.3 is 0 Å². The predicted octanol–water partition coefficient (Wildman–Crippen LogP) is 2.37. The van der Waals surface area contributed by atoms with Crippen LogP contribution >= 0.6 is 0 Å². The molecule has 0 aliphatic heterocycles. The molecule has 1 aliphatic rings. The number of hydrogen-bond donors (Lipinski definition) is 2. The van der Waals surface area contributed by atoms with Crippen molar-refractivity contribution in [1.29, 1.82) is 0 Å². The van der Waals surface area contributed by atoms with Gasteiger partial charge in [-0.15, -0.1) is 0 Å². The number of aryl methyl sites for hydroxylation is 1. The lowest BCUT2D eigenvalue weighted by Crippen LogP contribution is -2.53. The number of nitrogens with zero attached hydrogens (tertiary/aromatic N) is 1. The SMILES string of the molecule is Cc1ccccc1C(NN)C1(N(C)C)CCCC1. The van der Waals surface area contributed by atoms with Crippen molar-refractivity contribution in [2.75, 3.05) is 14.1 Å². The largest absolute Gasteiger partial charge is 0.302 e.